The Hall–Kier alpha value is -2.92. The van der Waals surface area contributed by atoms with Crippen LogP contribution < -0.4 is 4.74 Å². The van der Waals surface area contributed by atoms with Crippen LogP contribution in [0.2, 0.25) is 0 Å². The number of hydrogen-bond donors (Lipinski definition) is 1. The number of aliphatic hydroxyl groups is 1. The molecule has 1 fully saturated rings. The van der Waals surface area contributed by atoms with Gasteiger partial charge in [-0.3, -0.25) is 4.79 Å². The minimum Gasteiger partial charge on any atom is -0.497 e. The van der Waals surface area contributed by atoms with Crippen molar-refractivity contribution in [1.82, 2.24) is 9.21 Å². The zero-order valence-electron chi connectivity index (χ0n) is 19.6. The second-order valence-corrected chi connectivity index (χ2v) is 10.2. The van der Waals surface area contributed by atoms with Gasteiger partial charge in [-0.05, 0) is 35.9 Å². The minimum atomic E-state index is -3.85. The minimum absolute atomic E-state index is 0.0178. The third kappa shape index (κ3) is 6.21. The molecule has 2 atom stereocenters. The van der Waals surface area contributed by atoms with Crippen LogP contribution in [0.15, 0.2) is 71.3 Å². The summed E-state index contributed by atoms with van der Waals surface area (Å²) in [5, 5.41) is 9.45. The lowest BCUT2D eigenvalue weighted by atomic mass is 9.93. The van der Waals surface area contributed by atoms with Gasteiger partial charge in [-0.2, -0.15) is 4.31 Å². The number of benzene rings is 2. The predicted molar refractivity (Wildman–Crippen MR) is 128 cm³/mol. The molecular formula is C25H30N2O7S. The lowest BCUT2D eigenvalue weighted by Gasteiger charge is -2.30. The molecule has 35 heavy (non-hydrogen) atoms. The fraction of sp³-hybridized carbons (Fsp3) is 0.400. The van der Waals surface area contributed by atoms with E-state index in [9.17, 15) is 18.3 Å². The molecule has 0 spiro atoms. The Morgan fingerprint density at radius 2 is 1.83 bits per heavy atom. The highest BCUT2D eigenvalue weighted by atomic mass is 32.2. The summed E-state index contributed by atoms with van der Waals surface area (Å²) in [6, 6.07) is 15.9. The van der Waals surface area contributed by atoms with E-state index in [4.69, 9.17) is 14.2 Å². The monoisotopic (exact) mass is 502 g/mol. The van der Waals surface area contributed by atoms with Gasteiger partial charge in [0.1, 0.15) is 5.75 Å². The lowest BCUT2D eigenvalue weighted by molar-refractivity contribution is -0.149. The van der Waals surface area contributed by atoms with Crippen LogP contribution in [0.4, 0.5) is 0 Å². The van der Waals surface area contributed by atoms with E-state index in [1.54, 1.807) is 17.0 Å². The van der Waals surface area contributed by atoms with Gasteiger partial charge in [0.25, 0.3) is 5.91 Å². The van der Waals surface area contributed by atoms with E-state index in [2.05, 4.69) is 0 Å². The molecule has 2 aromatic carbocycles. The first-order valence-electron chi connectivity index (χ1n) is 11.5. The molecule has 1 N–H and O–H groups in total. The zero-order valence-corrected chi connectivity index (χ0v) is 20.4. The number of carbonyl (C=O) groups excluding carboxylic acids is 1. The van der Waals surface area contributed by atoms with Crippen LogP contribution in [0.1, 0.15) is 17.9 Å². The molecule has 0 aromatic heterocycles. The summed E-state index contributed by atoms with van der Waals surface area (Å²) in [4.78, 5) is 14.4. The second kappa shape index (κ2) is 11.2. The van der Waals surface area contributed by atoms with Crippen LogP contribution >= 0.6 is 0 Å². The van der Waals surface area contributed by atoms with Gasteiger partial charge in [-0.15, -0.1) is 0 Å². The number of amides is 1. The first-order chi connectivity index (χ1) is 16.9. The Balaban J connectivity index is 1.42. The van der Waals surface area contributed by atoms with Crippen molar-refractivity contribution in [3.05, 3.63) is 72.0 Å². The maximum Gasteiger partial charge on any atom is 0.288 e. The summed E-state index contributed by atoms with van der Waals surface area (Å²) in [6.07, 6.45) is 1.62. The number of sulfonamides is 1. The van der Waals surface area contributed by atoms with Gasteiger partial charge < -0.3 is 24.2 Å². The molecule has 2 aromatic rings. The molecule has 10 heteroatoms. The SMILES string of the molecule is COc1ccc(S(=O)(=O)N(CCO)CCO[C@H]2C[C@@H](c3ccccc3)C=C(C(=O)N3CC3)O2)cc1. The average Bonchev–Trinajstić information content (AvgIpc) is 3.74. The molecule has 188 valence electrons. The van der Waals surface area contributed by atoms with E-state index < -0.39 is 16.3 Å². The molecule has 2 aliphatic rings. The van der Waals surface area contributed by atoms with Crippen molar-refractivity contribution in [2.75, 3.05) is 46.5 Å². The molecule has 1 amide bonds. The van der Waals surface area contributed by atoms with E-state index in [1.165, 1.54) is 23.5 Å². The smallest absolute Gasteiger partial charge is 0.288 e. The molecule has 0 unspecified atom stereocenters. The third-order valence-corrected chi connectivity index (χ3v) is 7.83. The molecule has 2 aliphatic heterocycles. The molecule has 4 rings (SSSR count). The van der Waals surface area contributed by atoms with Crippen molar-refractivity contribution in [3.63, 3.8) is 0 Å². The largest absolute Gasteiger partial charge is 0.497 e. The van der Waals surface area contributed by atoms with E-state index >= 15 is 0 Å². The van der Waals surface area contributed by atoms with Crippen molar-refractivity contribution in [2.45, 2.75) is 23.5 Å². The molecular weight excluding hydrogens is 472 g/mol. The number of rotatable bonds is 11. The fourth-order valence-electron chi connectivity index (χ4n) is 3.90. The topological polar surface area (TPSA) is 105 Å². The molecule has 9 nitrogen and oxygen atoms in total. The quantitative estimate of drug-likeness (QED) is 0.468. The van der Waals surface area contributed by atoms with Gasteiger partial charge in [-0.1, -0.05) is 30.3 Å². The zero-order chi connectivity index (χ0) is 24.8. The molecule has 0 radical (unpaired) electrons. The fourth-order valence-corrected chi connectivity index (χ4v) is 5.31. The average molecular weight is 503 g/mol. The summed E-state index contributed by atoms with van der Waals surface area (Å²) in [5.41, 5.74) is 1.05. The number of hydrogen-bond acceptors (Lipinski definition) is 7. The number of nitrogens with zero attached hydrogens (tertiary/aromatic N) is 2. The van der Waals surface area contributed by atoms with Crippen LogP contribution in [-0.4, -0.2) is 81.4 Å². The number of methoxy groups -OCH3 is 1. The van der Waals surface area contributed by atoms with E-state index in [-0.39, 0.29) is 48.8 Å². The second-order valence-electron chi connectivity index (χ2n) is 8.30. The van der Waals surface area contributed by atoms with E-state index in [1.807, 2.05) is 36.4 Å². The summed E-state index contributed by atoms with van der Waals surface area (Å²) >= 11 is 0. The van der Waals surface area contributed by atoms with Crippen LogP contribution in [0.25, 0.3) is 0 Å². The standard InChI is InChI=1S/C25H30N2O7S/c1-32-21-7-9-22(10-8-21)35(30,31)27(13-15-28)14-16-33-24-18-20(19-5-3-2-4-6-19)17-23(34-24)25(29)26-11-12-26/h2-10,17,20,24,28H,11-16,18H2,1H3/t20-,24+/m0/s1. The van der Waals surface area contributed by atoms with Crippen LogP contribution in [0, 0.1) is 0 Å². The van der Waals surface area contributed by atoms with Gasteiger partial charge in [0.05, 0.1) is 25.2 Å². The molecule has 0 saturated carbocycles. The highest BCUT2D eigenvalue weighted by Gasteiger charge is 2.34. The Labute approximate surface area is 205 Å². The Kier molecular flexibility index (Phi) is 8.07. The van der Waals surface area contributed by atoms with E-state index in [0.717, 1.165) is 5.56 Å². The predicted octanol–water partition coefficient (Wildman–Crippen LogP) is 1.95. The van der Waals surface area contributed by atoms with Crippen molar-refractivity contribution < 1.29 is 32.5 Å². The Morgan fingerprint density at radius 1 is 1.11 bits per heavy atom. The van der Waals surface area contributed by atoms with Gasteiger partial charge in [-0.25, -0.2) is 8.42 Å². The molecule has 2 heterocycles. The number of carbonyl (C=O) groups is 1. The number of ether oxygens (including phenoxy) is 3. The van der Waals surface area contributed by atoms with Crippen LogP contribution in [0.5, 0.6) is 5.75 Å². The molecule has 0 aliphatic carbocycles. The van der Waals surface area contributed by atoms with Gasteiger partial charge in [0.15, 0.2) is 5.76 Å². The maximum absolute atomic E-state index is 13.1. The summed E-state index contributed by atoms with van der Waals surface area (Å²) in [7, 11) is -2.34. The van der Waals surface area contributed by atoms with Gasteiger partial charge in [0, 0.05) is 38.5 Å². The molecule has 0 bridgehead atoms. The van der Waals surface area contributed by atoms with Crippen LogP contribution in [-0.2, 0) is 24.3 Å². The summed E-state index contributed by atoms with van der Waals surface area (Å²) in [6.45, 7) is 1.06. The normalized spacial score (nSPS) is 19.7. The molecule has 1 saturated heterocycles. The first kappa shape index (κ1) is 25.2. The number of aliphatic hydroxyl groups excluding tert-OH is 1. The lowest BCUT2D eigenvalue weighted by Crippen LogP contribution is -2.37. The van der Waals surface area contributed by atoms with Crippen molar-refractivity contribution in [2.24, 2.45) is 0 Å². The van der Waals surface area contributed by atoms with Crippen LogP contribution in [0.3, 0.4) is 0 Å². The van der Waals surface area contributed by atoms with E-state index in [0.29, 0.717) is 25.3 Å². The highest BCUT2D eigenvalue weighted by Crippen LogP contribution is 2.32. The Bertz CT molecular complexity index is 1130. The van der Waals surface area contributed by atoms with Gasteiger partial charge in [0.2, 0.25) is 16.3 Å². The first-order valence-corrected chi connectivity index (χ1v) is 13.0. The third-order valence-electron chi connectivity index (χ3n) is 5.92. The maximum atomic E-state index is 13.1. The number of allylic oxidation sites excluding steroid dienone is 1. The van der Waals surface area contributed by atoms with Gasteiger partial charge >= 0.3 is 0 Å². The van der Waals surface area contributed by atoms with Crippen molar-refractivity contribution in [3.8, 4) is 5.75 Å². The summed E-state index contributed by atoms with van der Waals surface area (Å²) in [5.74, 6) is 0.573. The van der Waals surface area contributed by atoms with Crippen molar-refractivity contribution in [1.29, 1.82) is 0 Å². The summed E-state index contributed by atoms with van der Waals surface area (Å²) < 4.78 is 44.2. The van der Waals surface area contributed by atoms with Crippen molar-refractivity contribution >= 4 is 15.9 Å². The Morgan fingerprint density at radius 3 is 2.46 bits per heavy atom. The highest BCUT2D eigenvalue weighted by molar-refractivity contribution is 7.89.